The van der Waals surface area contributed by atoms with Gasteiger partial charge in [-0.2, -0.15) is 13.2 Å². The molecular formula is C31H24ClF3N2O3. The van der Waals surface area contributed by atoms with E-state index in [-0.39, 0.29) is 24.2 Å². The van der Waals surface area contributed by atoms with Gasteiger partial charge in [0.1, 0.15) is 12.4 Å². The van der Waals surface area contributed by atoms with Gasteiger partial charge in [-0.3, -0.25) is 0 Å². The quantitative estimate of drug-likeness (QED) is 0.187. The van der Waals surface area contributed by atoms with Gasteiger partial charge in [0.15, 0.2) is 0 Å². The van der Waals surface area contributed by atoms with Crippen molar-refractivity contribution in [1.82, 2.24) is 9.55 Å². The van der Waals surface area contributed by atoms with Crippen LogP contribution in [-0.4, -0.2) is 22.6 Å². The lowest BCUT2D eigenvalue weighted by Gasteiger charge is -2.14. The molecule has 1 heterocycles. The molecule has 0 spiro atoms. The molecule has 0 unspecified atom stereocenters. The van der Waals surface area contributed by atoms with E-state index in [1.54, 1.807) is 49.4 Å². The molecule has 204 valence electrons. The van der Waals surface area contributed by atoms with Gasteiger partial charge in [0.05, 0.1) is 30.3 Å². The first-order chi connectivity index (χ1) is 19.2. The highest BCUT2D eigenvalue weighted by atomic mass is 35.5. The van der Waals surface area contributed by atoms with E-state index < -0.39 is 18.0 Å². The fourth-order valence-electron chi connectivity index (χ4n) is 4.59. The smallest absolute Gasteiger partial charge is 0.449 e. The van der Waals surface area contributed by atoms with E-state index in [1.165, 1.54) is 13.2 Å². The maximum Gasteiger partial charge on any atom is 0.449 e. The van der Waals surface area contributed by atoms with Gasteiger partial charge in [0.2, 0.25) is 5.82 Å². The number of ether oxygens (including phenoxy) is 2. The number of alkyl halides is 3. The molecule has 0 bridgehead atoms. The van der Waals surface area contributed by atoms with Gasteiger partial charge in [0.25, 0.3) is 0 Å². The van der Waals surface area contributed by atoms with E-state index in [1.807, 2.05) is 36.4 Å². The van der Waals surface area contributed by atoms with Crippen molar-refractivity contribution in [3.63, 3.8) is 0 Å². The summed E-state index contributed by atoms with van der Waals surface area (Å²) < 4.78 is 54.3. The van der Waals surface area contributed by atoms with Crippen LogP contribution in [0.2, 0.25) is 5.02 Å². The zero-order valence-electron chi connectivity index (χ0n) is 21.6. The monoisotopic (exact) mass is 564 g/mol. The molecule has 5 aromatic rings. The zero-order chi connectivity index (χ0) is 28.4. The third kappa shape index (κ3) is 5.53. The van der Waals surface area contributed by atoms with Crippen LogP contribution in [0.4, 0.5) is 13.2 Å². The molecule has 0 radical (unpaired) electrons. The van der Waals surface area contributed by atoms with Gasteiger partial charge in [0, 0.05) is 16.7 Å². The van der Waals surface area contributed by atoms with E-state index in [0.717, 1.165) is 15.7 Å². The van der Waals surface area contributed by atoms with Crippen LogP contribution in [0, 0.1) is 6.92 Å². The standard InChI is InChI=1S/C31H24ClF3N2O3/c1-19-14-24(40-18-23-10-6-7-11-25(23)29(38)39-2)16-27-28(19)36-30(31(33,34)35)37(27)17-22-13-12-21(15-26(22)32)20-8-4-3-5-9-20/h3-16H,17-18H2,1-2H3. The molecule has 0 N–H and O–H groups in total. The summed E-state index contributed by atoms with van der Waals surface area (Å²) in [5, 5.41) is 0.347. The Bertz CT molecular complexity index is 1700. The number of fused-ring (bicyclic) bond motifs is 1. The average Bonchev–Trinajstić information content (AvgIpc) is 3.32. The number of hydrogen-bond acceptors (Lipinski definition) is 4. The van der Waals surface area contributed by atoms with Crippen molar-refractivity contribution in [2.45, 2.75) is 26.3 Å². The molecule has 0 aliphatic carbocycles. The van der Waals surface area contributed by atoms with Crippen LogP contribution in [0.3, 0.4) is 0 Å². The third-order valence-corrected chi connectivity index (χ3v) is 6.93. The number of rotatable bonds is 7. The summed E-state index contributed by atoms with van der Waals surface area (Å²) >= 11 is 6.57. The van der Waals surface area contributed by atoms with Crippen molar-refractivity contribution in [3.05, 3.63) is 118 Å². The van der Waals surface area contributed by atoms with Crippen LogP contribution in [0.1, 0.15) is 32.9 Å². The lowest BCUT2D eigenvalue weighted by atomic mass is 10.0. The van der Waals surface area contributed by atoms with E-state index in [9.17, 15) is 18.0 Å². The van der Waals surface area contributed by atoms with Gasteiger partial charge in [-0.15, -0.1) is 0 Å². The van der Waals surface area contributed by atoms with Crippen molar-refractivity contribution in [3.8, 4) is 16.9 Å². The molecule has 4 aromatic carbocycles. The molecule has 1 aromatic heterocycles. The molecular weight excluding hydrogens is 541 g/mol. The Hall–Kier alpha value is -4.30. The molecule has 0 aliphatic heterocycles. The van der Waals surface area contributed by atoms with E-state index >= 15 is 0 Å². The maximum atomic E-state index is 14.1. The zero-order valence-corrected chi connectivity index (χ0v) is 22.4. The average molecular weight is 565 g/mol. The Kier molecular flexibility index (Phi) is 7.54. The molecule has 5 rings (SSSR count). The molecule has 0 atom stereocenters. The minimum atomic E-state index is -4.69. The van der Waals surface area contributed by atoms with E-state index in [4.69, 9.17) is 21.1 Å². The lowest BCUT2D eigenvalue weighted by Crippen LogP contribution is -2.15. The van der Waals surface area contributed by atoms with Crippen molar-refractivity contribution in [2.75, 3.05) is 7.11 Å². The summed E-state index contributed by atoms with van der Waals surface area (Å²) in [7, 11) is 1.29. The van der Waals surface area contributed by atoms with Gasteiger partial charge in [-0.05, 0) is 47.4 Å². The third-order valence-electron chi connectivity index (χ3n) is 6.58. The van der Waals surface area contributed by atoms with Crippen LogP contribution >= 0.6 is 11.6 Å². The summed E-state index contributed by atoms with van der Waals surface area (Å²) in [6.45, 7) is 1.55. The fraction of sp³-hybridized carbons (Fsp3) is 0.161. The van der Waals surface area contributed by atoms with Crippen molar-refractivity contribution in [1.29, 1.82) is 0 Å². The van der Waals surface area contributed by atoms with Gasteiger partial charge < -0.3 is 14.0 Å². The highest BCUT2D eigenvalue weighted by molar-refractivity contribution is 6.31. The molecule has 0 saturated carbocycles. The van der Waals surface area contributed by atoms with Crippen LogP contribution in [-0.2, 0) is 24.1 Å². The van der Waals surface area contributed by atoms with Gasteiger partial charge >= 0.3 is 12.1 Å². The second-order valence-corrected chi connectivity index (χ2v) is 9.64. The second-order valence-electron chi connectivity index (χ2n) is 9.24. The fourth-order valence-corrected chi connectivity index (χ4v) is 4.83. The van der Waals surface area contributed by atoms with Crippen LogP contribution in [0.15, 0.2) is 84.9 Å². The summed E-state index contributed by atoms with van der Waals surface area (Å²) in [5.74, 6) is -1.19. The predicted molar refractivity (Wildman–Crippen MR) is 148 cm³/mol. The number of aromatic nitrogens is 2. The van der Waals surface area contributed by atoms with Crippen LogP contribution in [0.5, 0.6) is 5.75 Å². The topological polar surface area (TPSA) is 53.4 Å². The van der Waals surface area contributed by atoms with E-state index in [2.05, 4.69) is 4.98 Å². The Balaban J connectivity index is 1.52. The van der Waals surface area contributed by atoms with Gasteiger partial charge in [-0.1, -0.05) is 72.3 Å². The number of nitrogens with zero attached hydrogens (tertiary/aromatic N) is 2. The van der Waals surface area contributed by atoms with Crippen LogP contribution < -0.4 is 4.74 Å². The second kappa shape index (κ2) is 11.1. The summed E-state index contributed by atoms with van der Waals surface area (Å²) in [6, 6.07) is 24.9. The lowest BCUT2D eigenvalue weighted by molar-refractivity contribution is -0.146. The number of aryl methyl sites for hydroxylation is 1. The van der Waals surface area contributed by atoms with Crippen molar-refractivity contribution in [2.24, 2.45) is 0 Å². The molecule has 0 amide bonds. The number of methoxy groups -OCH3 is 1. The van der Waals surface area contributed by atoms with Crippen molar-refractivity contribution >= 4 is 28.6 Å². The van der Waals surface area contributed by atoms with E-state index in [0.29, 0.717) is 33.0 Å². The Morgan fingerprint density at radius 2 is 1.65 bits per heavy atom. The van der Waals surface area contributed by atoms with Gasteiger partial charge in [-0.25, -0.2) is 9.78 Å². The maximum absolute atomic E-state index is 14.1. The summed E-state index contributed by atoms with van der Waals surface area (Å²) in [6.07, 6.45) is -4.69. The normalized spacial score (nSPS) is 11.6. The highest BCUT2D eigenvalue weighted by Crippen LogP contribution is 2.36. The molecule has 40 heavy (non-hydrogen) atoms. The largest absolute Gasteiger partial charge is 0.489 e. The first-order valence-corrected chi connectivity index (χ1v) is 12.7. The Morgan fingerprint density at radius 3 is 2.35 bits per heavy atom. The molecule has 0 aliphatic rings. The number of hydrogen-bond donors (Lipinski definition) is 0. The number of imidazole rings is 1. The highest BCUT2D eigenvalue weighted by Gasteiger charge is 2.38. The molecule has 0 fully saturated rings. The first-order valence-electron chi connectivity index (χ1n) is 12.4. The Labute approximate surface area is 233 Å². The minimum Gasteiger partial charge on any atom is -0.489 e. The number of benzene rings is 4. The van der Waals surface area contributed by atoms with Crippen LogP contribution in [0.25, 0.3) is 22.2 Å². The molecule has 9 heteroatoms. The number of esters is 1. The van der Waals surface area contributed by atoms with Crippen molar-refractivity contribution < 1.29 is 27.4 Å². The number of carbonyl (C=O) groups is 1. The summed E-state index contributed by atoms with van der Waals surface area (Å²) in [5.41, 5.74) is 4.25. The molecule has 0 saturated heterocycles. The SMILES string of the molecule is COC(=O)c1ccccc1COc1cc(C)c2nc(C(F)(F)F)n(Cc3ccc(-c4ccccc4)cc3Cl)c2c1. The number of halogens is 4. The minimum absolute atomic E-state index is 0.0171. The number of carbonyl (C=O) groups excluding carboxylic acids is 1. The summed E-state index contributed by atoms with van der Waals surface area (Å²) in [4.78, 5) is 16.1. The predicted octanol–water partition coefficient (Wildman–Crippen LogP) is 8.10. The molecule has 5 nitrogen and oxygen atoms in total. The Morgan fingerprint density at radius 1 is 0.925 bits per heavy atom. The first kappa shape index (κ1) is 27.3.